The molecule has 0 amide bonds. The maximum Gasteiger partial charge on any atom is 0.341 e. The number of methoxy groups -OCH3 is 2. The number of benzene rings is 1. The van der Waals surface area contributed by atoms with Gasteiger partial charge in [0, 0.05) is 12.4 Å². The first-order chi connectivity index (χ1) is 13.4. The van der Waals surface area contributed by atoms with E-state index in [0.717, 1.165) is 0 Å². The fourth-order valence-corrected chi connectivity index (χ4v) is 2.79. The molecule has 0 spiro atoms. The Hall–Kier alpha value is -3.17. The predicted octanol–water partition coefficient (Wildman–Crippen LogP) is 0.634. The minimum absolute atomic E-state index is 0.0532. The van der Waals surface area contributed by atoms with Crippen LogP contribution in [0.5, 0.6) is 5.75 Å². The first-order valence-corrected chi connectivity index (χ1v) is 8.48. The van der Waals surface area contributed by atoms with Crippen LogP contribution < -0.4 is 10.3 Å². The normalized spacial score (nSPS) is 11.6. The van der Waals surface area contributed by atoms with Crippen molar-refractivity contribution in [3.63, 3.8) is 0 Å². The van der Waals surface area contributed by atoms with E-state index >= 15 is 0 Å². The van der Waals surface area contributed by atoms with Gasteiger partial charge in [-0.2, -0.15) is 9.78 Å². The molecule has 0 aromatic heterocycles. The highest BCUT2D eigenvalue weighted by Gasteiger charge is 2.30. The average molecular weight is 387 g/mol. The molecule has 0 saturated carbocycles. The first-order valence-electron chi connectivity index (χ1n) is 8.48. The molecule has 1 aromatic carbocycles. The van der Waals surface area contributed by atoms with Crippen LogP contribution in [0.15, 0.2) is 41.5 Å². The SMILES string of the molecule is COC(=O)c1cn(C(C)(CO)CO)cc2c(=O)n(-c3ccc(OC)cc3)nc1-2. The van der Waals surface area contributed by atoms with Crippen molar-refractivity contribution in [3.8, 4) is 22.7 Å². The monoisotopic (exact) mass is 387 g/mol. The van der Waals surface area contributed by atoms with Gasteiger partial charge in [0.1, 0.15) is 17.0 Å². The molecule has 2 aliphatic rings. The topological polar surface area (TPSA) is 116 Å². The van der Waals surface area contributed by atoms with E-state index in [-0.39, 0.29) is 16.8 Å². The number of aliphatic hydroxyl groups excluding tert-OH is 2. The zero-order chi connectivity index (χ0) is 20.5. The Kier molecular flexibility index (Phi) is 5.21. The molecule has 0 unspecified atom stereocenters. The van der Waals surface area contributed by atoms with E-state index in [1.54, 1.807) is 31.2 Å². The van der Waals surface area contributed by atoms with Crippen molar-refractivity contribution >= 4 is 5.97 Å². The molecular formula is C19H21N3O6. The molecule has 0 bridgehead atoms. The molecule has 0 fully saturated rings. The van der Waals surface area contributed by atoms with Crippen molar-refractivity contribution in [2.75, 3.05) is 27.4 Å². The third kappa shape index (κ3) is 3.14. The van der Waals surface area contributed by atoms with E-state index in [2.05, 4.69) is 5.10 Å². The Balaban J connectivity index is 2.28. The number of aromatic nitrogens is 3. The van der Waals surface area contributed by atoms with Gasteiger partial charge in [0.2, 0.25) is 0 Å². The van der Waals surface area contributed by atoms with Crippen LogP contribution in [-0.2, 0) is 10.3 Å². The highest BCUT2D eigenvalue weighted by molar-refractivity contribution is 5.96. The molecule has 28 heavy (non-hydrogen) atoms. The van der Waals surface area contributed by atoms with Crippen molar-refractivity contribution in [2.24, 2.45) is 0 Å². The van der Waals surface area contributed by atoms with E-state index in [1.165, 1.54) is 35.9 Å². The molecule has 0 atom stereocenters. The van der Waals surface area contributed by atoms with Crippen LogP contribution in [0.2, 0.25) is 0 Å². The molecule has 2 heterocycles. The van der Waals surface area contributed by atoms with Crippen molar-refractivity contribution in [3.05, 3.63) is 52.6 Å². The van der Waals surface area contributed by atoms with Crippen LogP contribution in [0, 0.1) is 0 Å². The summed E-state index contributed by atoms with van der Waals surface area (Å²) in [6.45, 7) is 0.792. The summed E-state index contributed by atoms with van der Waals surface area (Å²) in [6, 6.07) is 6.72. The highest BCUT2D eigenvalue weighted by Crippen LogP contribution is 2.27. The Labute approximate surface area is 160 Å². The number of hydrogen-bond donors (Lipinski definition) is 2. The van der Waals surface area contributed by atoms with Crippen LogP contribution >= 0.6 is 0 Å². The molecule has 9 nitrogen and oxygen atoms in total. The zero-order valence-electron chi connectivity index (χ0n) is 15.7. The predicted molar refractivity (Wildman–Crippen MR) is 100 cm³/mol. The number of esters is 1. The fourth-order valence-electron chi connectivity index (χ4n) is 2.79. The number of carbonyl (C=O) groups excluding carboxylic acids is 1. The molecule has 3 rings (SSSR count). The lowest BCUT2D eigenvalue weighted by Gasteiger charge is -2.29. The number of carbonyl (C=O) groups is 1. The van der Waals surface area contributed by atoms with Gasteiger partial charge in [-0.25, -0.2) is 4.79 Å². The minimum atomic E-state index is -1.12. The van der Waals surface area contributed by atoms with Crippen LogP contribution in [0.3, 0.4) is 0 Å². The molecule has 148 valence electrons. The first kappa shape index (κ1) is 19.6. The van der Waals surface area contributed by atoms with Gasteiger partial charge in [-0.1, -0.05) is 0 Å². The maximum atomic E-state index is 13.0. The number of aliphatic hydroxyl groups is 2. The second-order valence-electron chi connectivity index (χ2n) is 6.56. The number of nitrogens with zero attached hydrogens (tertiary/aromatic N) is 3. The zero-order valence-corrected chi connectivity index (χ0v) is 15.7. The Morgan fingerprint density at radius 3 is 2.32 bits per heavy atom. The molecule has 2 aliphatic heterocycles. The van der Waals surface area contributed by atoms with E-state index in [9.17, 15) is 19.8 Å². The van der Waals surface area contributed by atoms with Gasteiger partial charge in [-0.15, -0.1) is 0 Å². The van der Waals surface area contributed by atoms with Crippen LogP contribution in [0.1, 0.15) is 17.3 Å². The maximum absolute atomic E-state index is 13.0. The molecule has 0 saturated heterocycles. The third-order valence-corrected chi connectivity index (χ3v) is 4.70. The number of rotatable bonds is 6. The molecule has 1 aromatic rings. The third-order valence-electron chi connectivity index (χ3n) is 4.70. The summed E-state index contributed by atoms with van der Waals surface area (Å²) >= 11 is 0. The summed E-state index contributed by atoms with van der Waals surface area (Å²) in [5.74, 6) is -0.0559. The summed E-state index contributed by atoms with van der Waals surface area (Å²) < 4.78 is 12.5. The number of pyridine rings is 1. The van der Waals surface area contributed by atoms with E-state index in [4.69, 9.17) is 9.47 Å². The van der Waals surface area contributed by atoms with E-state index in [1.807, 2.05) is 0 Å². The quantitative estimate of drug-likeness (QED) is 0.596. The Morgan fingerprint density at radius 2 is 1.79 bits per heavy atom. The molecule has 2 N–H and O–H groups in total. The molecule has 9 heteroatoms. The number of ether oxygens (including phenoxy) is 2. The Bertz CT molecular complexity index is 1020. The second kappa shape index (κ2) is 7.45. The van der Waals surface area contributed by atoms with Crippen molar-refractivity contribution in [1.29, 1.82) is 0 Å². The smallest absolute Gasteiger partial charge is 0.341 e. The largest absolute Gasteiger partial charge is 0.497 e. The lowest BCUT2D eigenvalue weighted by Crippen LogP contribution is -2.38. The van der Waals surface area contributed by atoms with Gasteiger partial charge in [0.25, 0.3) is 5.56 Å². The van der Waals surface area contributed by atoms with E-state index < -0.39 is 30.3 Å². The van der Waals surface area contributed by atoms with Gasteiger partial charge < -0.3 is 24.3 Å². The highest BCUT2D eigenvalue weighted by atomic mass is 16.5. The van der Waals surface area contributed by atoms with Gasteiger partial charge in [0.15, 0.2) is 0 Å². The summed E-state index contributed by atoms with van der Waals surface area (Å²) in [5.41, 5.74) is -0.688. The lowest BCUT2D eigenvalue weighted by molar-refractivity contribution is 0.0590. The van der Waals surface area contributed by atoms with Gasteiger partial charge in [-0.05, 0) is 31.2 Å². The van der Waals surface area contributed by atoms with Crippen LogP contribution in [0.25, 0.3) is 16.9 Å². The minimum Gasteiger partial charge on any atom is -0.497 e. The van der Waals surface area contributed by atoms with Crippen LogP contribution in [-0.4, -0.2) is 58.0 Å². The van der Waals surface area contributed by atoms with Gasteiger partial charge >= 0.3 is 5.97 Å². The van der Waals surface area contributed by atoms with Crippen molar-refractivity contribution < 1.29 is 24.5 Å². The summed E-state index contributed by atoms with van der Waals surface area (Å²) in [7, 11) is 2.76. The summed E-state index contributed by atoms with van der Waals surface area (Å²) in [6.07, 6.45) is 2.87. The lowest BCUT2D eigenvalue weighted by atomic mass is 10.0. The summed E-state index contributed by atoms with van der Waals surface area (Å²) in [4.78, 5) is 25.3. The Morgan fingerprint density at radius 1 is 1.14 bits per heavy atom. The van der Waals surface area contributed by atoms with Crippen molar-refractivity contribution in [1.82, 2.24) is 14.3 Å². The average Bonchev–Trinajstić information content (AvgIpc) is 3.08. The fraction of sp³-hybridized carbons (Fsp3) is 0.316. The van der Waals surface area contributed by atoms with Gasteiger partial charge in [0.05, 0.1) is 44.2 Å². The summed E-state index contributed by atoms with van der Waals surface area (Å²) in [5, 5.41) is 23.7. The van der Waals surface area contributed by atoms with Crippen molar-refractivity contribution in [2.45, 2.75) is 12.5 Å². The number of hydrogen-bond acceptors (Lipinski definition) is 7. The standard InChI is InChI=1S/C19H21N3O6/c1-19(10-23,11-24)21-8-14-16(15(9-21)18(26)28-3)20-22(17(14)25)12-4-6-13(27-2)7-5-12/h4-9,23-24H,10-11H2,1-3H3. The second-order valence-corrected chi connectivity index (χ2v) is 6.56. The molecular weight excluding hydrogens is 366 g/mol. The molecule has 0 radical (unpaired) electrons. The number of fused-ring (bicyclic) bond motifs is 1. The van der Waals surface area contributed by atoms with Crippen LogP contribution in [0.4, 0.5) is 0 Å². The molecule has 0 aliphatic carbocycles. The van der Waals surface area contributed by atoms with E-state index in [0.29, 0.717) is 11.4 Å². The van der Waals surface area contributed by atoms with Gasteiger partial charge in [-0.3, -0.25) is 4.79 Å².